The fraction of sp³-hybridized carbons (Fsp3) is 0.353. The molecule has 24 heavy (non-hydrogen) atoms. The van der Waals surface area contributed by atoms with Crippen LogP contribution in [0.3, 0.4) is 0 Å². The molecule has 7 heteroatoms. The van der Waals surface area contributed by atoms with Crippen LogP contribution in [0.25, 0.3) is 11.0 Å². The van der Waals surface area contributed by atoms with Gasteiger partial charge in [0.2, 0.25) is 5.95 Å². The zero-order valence-electron chi connectivity index (χ0n) is 13.4. The van der Waals surface area contributed by atoms with E-state index in [2.05, 4.69) is 56.7 Å². The number of aromatic amines is 2. The van der Waals surface area contributed by atoms with Crippen LogP contribution in [0.5, 0.6) is 0 Å². The highest BCUT2D eigenvalue weighted by Gasteiger charge is 2.28. The van der Waals surface area contributed by atoms with Gasteiger partial charge in [0.25, 0.3) is 5.56 Å². The topological polar surface area (TPSA) is 95.7 Å². The molecule has 3 N–H and O–H groups in total. The summed E-state index contributed by atoms with van der Waals surface area (Å²) in [4.78, 5) is 19.2. The van der Waals surface area contributed by atoms with Crippen molar-refractivity contribution < 1.29 is 4.74 Å². The Morgan fingerprint density at radius 1 is 1.29 bits per heavy atom. The highest BCUT2D eigenvalue weighted by atomic mass is 16.5. The summed E-state index contributed by atoms with van der Waals surface area (Å²) in [6, 6.07) is 8.40. The van der Waals surface area contributed by atoms with Crippen LogP contribution in [0.2, 0.25) is 0 Å². The van der Waals surface area contributed by atoms with E-state index in [0.717, 1.165) is 25.0 Å². The number of anilines is 1. The number of fused-ring (bicyclic) bond motifs is 1. The Morgan fingerprint density at radius 2 is 2.12 bits per heavy atom. The number of aryl methyl sites for hydroxylation is 1. The molecule has 2 aromatic heterocycles. The van der Waals surface area contributed by atoms with Gasteiger partial charge in [-0.2, -0.15) is 10.1 Å². The third-order valence-corrected chi connectivity index (χ3v) is 4.37. The summed E-state index contributed by atoms with van der Waals surface area (Å²) in [7, 11) is 0. The first-order chi connectivity index (χ1) is 11.7. The maximum atomic E-state index is 12.1. The Labute approximate surface area is 138 Å². The Kier molecular flexibility index (Phi) is 3.78. The minimum atomic E-state index is -0.208. The monoisotopic (exact) mass is 325 g/mol. The number of hydrogen-bond donors (Lipinski definition) is 3. The van der Waals surface area contributed by atoms with Crippen molar-refractivity contribution in [2.75, 3.05) is 11.9 Å². The van der Waals surface area contributed by atoms with Gasteiger partial charge in [-0.25, -0.2) is 0 Å². The number of ether oxygens (including phenoxy) is 1. The largest absolute Gasteiger partial charge is 0.371 e. The molecule has 7 nitrogen and oxygen atoms in total. The van der Waals surface area contributed by atoms with E-state index in [9.17, 15) is 4.79 Å². The second-order valence-electron chi connectivity index (χ2n) is 6.14. The van der Waals surface area contributed by atoms with Crippen LogP contribution in [-0.2, 0) is 4.74 Å². The number of benzene rings is 1. The van der Waals surface area contributed by atoms with E-state index in [-0.39, 0.29) is 17.7 Å². The zero-order valence-corrected chi connectivity index (χ0v) is 13.4. The average Bonchev–Trinajstić information content (AvgIpc) is 3.05. The number of nitrogens with one attached hydrogen (secondary N) is 3. The minimum Gasteiger partial charge on any atom is -0.371 e. The van der Waals surface area contributed by atoms with Gasteiger partial charge < -0.3 is 10.1 Å². The molecule has 1 aliphatic rings. The molecule has 2 atom stereocenters. The van der Waals surface area contributed by atoms with Crippen LogP contribution in [-0.4, -0.2) is 32.8 Å². The summed E-state index contributed by atoms with van der Waals surface area (Å²) in [5.74, 6) is 0.435. The molecule has 0 amide bonds. The van der Waals surface area contributed by atoms with Crippen molar-refractivity contribution in [3.8, 4) is 0 Å². The van der Waals surface area contributed by atoms with Gasteiger partial charge in [0.1, 0.15) is 11.5 Å². The predicted molar refractivity (Wildman–Crippen MR) is 91.0 cm³/mol. The molecule has 0 bridgehead atoms. The first-order valence-electron chi connectivity index (χ1n) is 8.09. The molecule has 1 saturated heterocycles. The molecule has 4 rings (SSSR count). The van der Waals surface area contributed by atoms with Crippen molar-refractivity contribution in [1.82, 2.24) is 20.2 Å². The number of aromatic nitrogens is 4. The van der Waals surface area contributed by atoms with Crippen LogP contribution in [0.4, 0.5) is 5.95 Å². The van der Waals surface area contributed by atoms with Gasteiger partial charge >= 0.3 is 0 Å². The molecule has 1 fully saturated rings. The van der Waals surface area contributed by atoms with Crippen LogP contribution in [0.1, 0.15) is 30.1 Å². The molecule has 3 heterocycles. The molecule has 0 radical (unpaired) electrons. The normalized spacial score (nSPS) is 21.0. The number of rotatable bonds is 3. The molecular weight excluding hydrogens is 306 g/mol. The molecule has 0 spiro atoms. The molecule has 3 aromatic rings. The third-order valence-electron chi connectivity index (χ3n) is 4.37. The number of H-pyrrole nitrogens is 2. The van der Waals surface area contributed by atoms with E-state index < -0.39 is 0 Å². The molecule has 1 aromatic carbocycles. The fourth-order valence-electron chi connectivity index (χ4n) is 3.10. The lowest BCUT2D eigenvalue weighted by molar-refractivity contribution is 0.00545. The summed E-state index contributed by atoms with van der Waals surface area (Å²) in [6.45, 7) is 2.80. The lowest BCUT2D eigenvalue weighted by Crippen LogP contribution is -2.34. The Hall–Kier alpha value is -2.67. The SMILES string of the molecule is Cc1ccc([C@H]2OCCC[C@H]2Nc2nc3[nH]ncc3c(=O)[nH]2)cc1. The average molecular weight is 325 g/mol. The summed E-state index contributed by atoms with van der Waals surface area (Å²) in [5, 5.41) is 10.4. The fourth-order valence-corrected chi connectivity index (χ4v) is 3.10. The molecule has 0 unspecified atom stereocenters. The highest BCUT2D eigenvalue weighted by molar-refractivity contribution is 5.73. The van der Waals surface area contributed by atoms with Crippen molar-refractivity contribution in [3.63, 3.8) is 0 Å². The van der Waals surface area contributed by atoms with Crippen molar-refractivity contribution in [1.29, 1.82) is 0 Å². The quantitative estimate of drug-likeness (QED) is 0.686. The van der Waals surface area contributed by atoms with E-state index in [0.29, 0.717) is 17.0 Å². The van der Waals surface area contributed by atoms with Crippen LogP contribution in [0.15, 0.2) is 35.3 Å². The minimum absolute atomic E-state index is 0.0463. The zero-order chi connectivity index (χ0) is 16.5. The van der Waals surface area contributed by atoms with Gasteiger partial charge in [0, 0.05) is 6.61 Å². The Balaban J connectivity index is 1.62. The van der Waals surface area contributed by atoms with E-state index >= 15 is 0 Å². The first-order valence-corrected chi connectivity index (χ1v) is 8.09. The van der Waals surface area contributed by atoms with E-state index in [1.807, 2.05) is 0 Å². The Morgan fingerprint density at radius 3 is 2.96 bits per heavy atom. The Bertz CT molecular complexity index is 899. The van der Waals surface area contributed by atoms with Gasteiger partial charge in [-0.15, -0.1) is 0 Å². The smallest absolute Gasteiger partial charge is 0.263 e. The van der Waals surface area contributed by atoms with E-state index in [1.165, 1.54) is 11.8 Å². The van der Waals surface area contributed by atoms with Crippen molar-refractivity contribution in [2.45, 2.75) is 31.9 Å². The molecule has 1 aliphatic heterocycles. The second kappa shape index (κ2) is 6.09. The van der Waals surface area contributed by atoms with Gasteiger partial charge in [-0.3, -0.25) is 14.9 Å². The molecular formula is C17H19N5O2. The molecule has 0 aliphatic carbocycles. The standard InChI is InChI=1S/C17H19N5O2/c1-10-4-6-11(7-5-10)14-13(3-2-8-24-14)19-17-20-15-12(9-18-22-15)16(23)21-17/h4-7,9,13-14H,2-3,8H2,1H3,(H3,18,19,20,21,22,23)/t13-,14-/m1/s1. The highest BCUT2D eigenvalue weighted by Crippen LogP contribution is 2.30. The van der Waals surface area contributed by atoms with Gasteiger partial charge in [0.05, 0.1) is 12.2 Å². The number of hydrogen-bond acceptors (Lipinski definition) is 5. The molecule has 0 saturated carbocycles. The second-order valence-corrected chi connectivity index (χ2v) is 6.14. The summed E-state index contributed by atoms with van der Waals surface area (Å²) in [5.41, 5.74) is 2.61. The van der Waals surface area contributed by atoms with Crippen molar-refractivity contribution in [2.24, 2.45) is 0 Å². The number of nitrogens with zero attached hydrogens (tertiary/aromatic N) is 2. The van der Waals surface area contributed by atoms with Gasteiger partial charge in [0.15, 0.2) is 5.65 Å². The van der Waals surface area contributed by atoms with Gasteiger partial charge in [-0.1, -0.05) is 29.8 Å². The van der Waals surface area contributed by atoms with E-state index in [4.69, 9.17) is 4.74 Å². The van der Waals surface area contributed by atoms with Crippen LogP contribution < -0.4 is 10.9 Å². The van der Waals surface area contributed by atoms with Crippen LogP contribution in [0, 0.1) is 6.92 Å². The summed E-state index contributed by atoms with van der Waals surface area (Å²) >= 11 is 0. The predicted octanol–water partition coefficient (Wildman–Crippen LogP) is 2.29. The summed E-state index contributed by atoms with van der Waals surface area (Å²) in [6.07, 6.45) is 3.32. The lowest BCUT2D eigenvalue weighted by Gasteiger charge is -2.32. The summed E-state index contributed by atoms with van der Waals surface area (Å²) < 4.78 is 5.99. The molecule has 124 valence electrons. The third kappa shape index (κ3) is 2.78. The van der Waals surface area contributed by atoms with Crippen molar-refractivity contribution in [3.05, 3.63) is 51.9 Å². The van der Waals surface area contributed by atoms with Crippen LogP contribution >= 0.6 is 0 Å². The van der Waals surface area contributed by atoms with Gasteiger partial charge in [-0.05, 0) is 25.3 Å². The lowest BCUT2D eigenvalue weighted by atomic mass is 9.95. The maximum absolute atomic E-state index is 12.1. The van der Waals surface area contributed by atoms with E-state index in [1.54, 1.807) is 0 Å². The van der Waals surface area contributed by atoms with Crippen molar-refractivity contribution >= 4 is 17.0 Å². The maximum Gasteiger partial charge on any atom is 0.263 e. The first kappa shape index (κ1) is 14.9.